The zero-order chi connectivity index (χ0) is 9.19. The van der Waals surface area contributed by atoms with Crippen molar-refractivity contribution in [1.29, 1.82) is 0 Å². The maximum Gasteiger partial charge on any atom is 0.0881 e. The second-order valence-corrected chi connectivity index (χ2v) is 2.70. The van der Waals surface area contributed by atoms with E-state index in [1.54, 1.807) is 0 Å². The van der Waals surface area contributed by atoms with Crippen molar-refractivity contribution in [2.45, 2.75) is 0 Å². The van der Waals surface area contributed by atoms with Gasteiger partial charge in [-0.05, 0) is 0 Å². The van der Waals surface area contributed by atoms with Gasteiger partial charge in [-0.15, -0.1) is 0 Å². The van der Waals surface area contributed by atoms with Crippen LogP contribution in [0.2, 0.25) is 0 Å². The fraction of sp³-hybridized carbons (Fsp3) is 0.750. The van der Waals surface area contributed by atoms with Crippen LogP contribution in [0.3, 0.4) is 0 Å². The van der Waals surface area contributed by atoms with Crippen molar-refractivity contribution in [3.05, 3.63) is 0 Å². The third-order valence-electron chi connectivity index (χ3n) is 1.61. The Hall–Kier alpha value is -0.780. The smallest absolute Gasteiger partial charge is 0.0881 e. The molecule has 5 heteroatoms. The Balaban J connectivity index is 2.18. The molecular formula is C8H17N5. The first-order valence-corrected chi connectivity index (χ1v) is 4.59. The van der Waals surface area contributed by atoms with E-state index in [9.17, 15) is 0 Å². The van der Waals surface area contributed by atoms with Gasteiger partial charge in [-0.25, -0.2) is 0 Å². The van der Waals surface area contributed by atoms with E-state index < -0.39 is 0 Å². The van der Waals surface area contributed by atoms with Crippen molar-refractivity contribution in [3.8, 4) is 0 Å². The molecular weight excluding hydrogens is 166 g/mol. The van der Waals surface area contributed by atoms with Crippen molar-refractivity contribution in [2.75, 3.05) is 39.5 Å². The lowest BCUT2D eigenvalue weighted by atomic mass is 10.6. The summed E-state index contributed by atoms with van der Waals surface area (Å²) >= 11 is 0. The maximum absolute atomic E-state index is 4.16. The van der Waals surface area contributed by atoms with Crippen LogP contribution in [0, 0.1) is 0 Å². The molecule has 0 saturated heterocycles. The zero-order valence-corrected chi connectivity index (χ0v) is 7.79. The van der Waals surface area contributed by atoms with Crippen molar-refractivity contribution < 1.29 is 0 Å². The molecule has 0 fully saturated rings. The van der Waals surface area contributed by atoms with Gasteiger partial charge < -0.3 is 5.32 Å². The Kier molecular flexibility index (Phi) is 6.22. The summed E-state index contributed by atoms with van der Waals surface area (Å²) in [5, 5.41) is 9.54. The van der Waals surface area contributed by atoms with E-state index in [1.807, 2.05) is 12.4 Å². The Labute approximate surface area is 78.7 Å². The van der Waals surface area contributed by atoms with Crippen LogP contribution >= 0.6 is 0 Å². The number of hydrogen-bond donors (Lipinski definition) is 3. The van der Waals surface area contributed by atoms with Gasteiger partial charge in [0, 0.05) is 38.6 Å². The first kappa shape index (κ1) is 10.3. The van der Waals surface area contributed by atoms with Crippen LogP contribution in [-0.2, 0) is 0 Å². The largest absolute Gasteiger partial charge is 0.307 e. The van der Waals surface area contributed by atoms with Gasteiger partial charge in [0.2, 0.25) is 0 Å². The highest BCUT2D eigenvalue weighted by Gasteiger charge is 1.86. The quantitative estimate of drug-likeness (QED) is 0.443. The van der Waals surface area contributed by atoms with E-state index in [4.69, 9.17) is 0 Å². The molecule has 74 valence electrons. The number of rotatable bonds is 0. The monoisotopic (exact) mass is 183 g/mol. The molecule has 5 nitrogen and oxygen atoms in total. The molecule has 0 saturated carbocycles. The van der Waals surface area contributed by atoms with E-state index in [-0.39, 0.29) is 0 Å². The number of nitrogens with zero attached hydrogens (tertiary/aromatic N) is 2. The standard InChI is InChI=1S/C8H17N5/c1-3-10-7-12-5-6-13-8-11-4-2-9-1/h3-4,9,12-13H,1-2,5-8H2/b10-3-,11-4+. The third kappa shape index (κ3) is 6.39. The van der Waals surface area contributed by atoms with Gasteiger partial charge in [-0.2, -0.15) is 0 Å². The van der Waals surface area contributed by atoms with Gasteiger partial charge >= 0.3 is 0 Å². The molecule has 0 radical (unpaired) electrons. The molecule has 0 aliphatic carbocycles. The molecule has 1 rings (SSSR count). The SMILES string of the molecule is C1=N\CNCCNC/N=C/CNC/1. The fourth-order valence-corrected chi connectivity index (χ4v) is 0.935. The van der Waals surface area contributed by atoms with Crippen LogP contribution in [0.4, 0.5) is 0 Å². The number of hydrogen-bond acceptors (Lipinski definition) is 5. The Bertz CT molecular complexity index is 148. The van der Waals surface area contributed by atoms with Crippen molar-refractivity contribution in [1.82, 2.24) is 16.0 Å². The summed E-state index contributed by atoms with van der Waals surface area (Å²) in [4.78, 5) is 8.33. The lowest BCUT2D eigenvalue weighted by Crippen LogP contribution is -2.27. The van der Waals surface area contributed by atoms with Crippen LogP contribution in [0.5, 0.6) is 0 Å². The average molecular weight is 183 g/mol. The minimum Gasteiger partial charge on any atom is -0.307 e. The van der Waals surface area contributed by atoms with Crippen molar-refractivity contribution in [3.63, 3.8) is 0 Å². The van der Waals surface area contributed by atoms with Crippen LogP contribution in [0.25, 0.3) is 0 Å². The predicted molar refractivity (Wildman–Crippen MR) is 55.6 cm³/mol. The maximum atomic E-state index is 4.16. The molecule has 1 aliphatic rings. The molecule has 0 spiro atoms. The Morgan fingerprint density at radius 2 is 1.31 bits per heavy atom. The van der Waals surface area contributed by atoms with Gasteiger partial charge in [0.05, 0.1) is 13.3 Å². The molecule has 1 aliphatic heterocycles. The van der Waals surface area contributed by atoms with E-state index in [1.165, 1.54) is 0 Å². The molecule has 0 aromatic rings. The topological polar surface area (TPSA) is 60.8 Å². The second kappa shape index (κ2) is 7.85. The van der Waals surface area contributed by atoms with Crippen LogP contribution < -0.4 is 16.0 Å². The van der Waals surface area contributed by atoms with Gasteiger partial charge in [0.25, 0.3) is 0 Å². The highest BCUT2D eigenvalue weighted by atomic mass is 15.1. The zero-order valence-electron chi connectivity index (χ0n) is 7.79. The summed E-state index contributed by atoms with van der Waals surface area (Å²) in [6.07, 6.45) is 3.76. The molecule has 0 aromatic heterocycles. The first-order chi connectivity index (χ1) is 6.50. The summed E-state index contributed by atoms with van der Waals surface area (Å²) in [7, 11) is 0. The first-order valence-electron chi connectivity index (χ1n) is 4.59. The van der Waals surface area contributed by atoms with Gasteiger partial charge in [-0.3, -0.25) is 20.6 Å². The number of aliphatic imine (C=N–C) groups is 2. The number of nitrogens with one attached hydrogen (secondary N) is 3. The van der Waals surface area contributed by atoms with Crippen molar-refractivity contribution >= 4 is 12.4 Å². The van der Waals surface area contributed by atoms with E-state index >= 15 is 0 Å². The molecule has 1 heterocycles. The van der Waals surface area contributed by atoms with Crippen LogP contribution in [0.15, 0.2) is 9.98 Å². The van der Waals surface area contributed by atoms with Gasteiger partial charge in [0.1, 0.15) is 0 Å². The molecule has 3 N–H and O–H groups in total. The molecule has 13 heavy (non-hydrogen) atoms. The molecule has 0 unspecified atom stereocenters. The molecule has 0 bridgehead atoms. The predicted octanol–water partition coefficient (Wildman–Crippen LogP) is -1.17. The molecule has 0 atom stereocenters. The third-order valence-corrected chi connectivity index (χ3v) is 1.61. The minimum atomic E-state index is 0.699. The summed E-state index contributed by atoms with van der Waals surface area (Å²) in [5.74, 6) is 0. The lowest BCUT2D eigenvalue weighted by molar-refractivity contribution is 0.629. The normalized spacial score (nSPS) is 26.5. The summed E-state index contributed by atoms with van der Waals surface area (Å²) < 4.78 is 0. The summed E-state index contributed by atoms with van der Waals surface area (Å²) in [6, 6.07) is 0. The van der Waals surface area contributed by atoms with Crippen LogP contribution in [0.1, 0.15) is 0 Å². The summed E-state index contributed by atoms with van der Waals surface area (Å²) in [5.41, 5.74) is 0. The van der Waals surface area contributed by atoms with Gasteiger partial charge in [0.15, 0.2) is 0 Å². The Morgan fingerprint density at radius 3 is 1.85 bits per heavy atom. The molecule has 0 aromatic carbocycles. The molecule has 0 amide bonds. The van der Waals surface area contributed by atoms with Crippen molar-refractivity contribution in [2.24, 2.45) is 9.98 Å². The Morgan fingerprint density at radius 1 is 0.769 bits per heavy atom. The minimum absolute atomic E-state index is 0.699. The van der Waals surface area contributed by atoms with Crippen LogP contribution in [-0.4, -0.2) is 51.9 Å². The second-order valence-electron chi connectivity index (χ2n) is 2.70. The highest BCUT2D eigenvalue weighted by Crippen LogP contribution is 1.67. The lowest BCUT2D eigenvalue weighted by Gasteiger charge is -2.01. The summed E-state index contributed by atoms with van der Waals surface area (Å²) in [6.45, 7) is 4.87. The fourth-order valence-electron chi connectivity index (χ4n) is 0.935. The van der Waals surface area contributed by atoms with E-state index in [2.05, 4.69) is 25.9 Å². The van der Waals surface area contributed by atoms with E-state index in [0.29, 0.717) is 13.3 Å². The van der Waals surface area contributed by atoms with E-state index in [0.717, 1.165) is 26.2 Å². The van der Waals surface area contributed by atoms with Gasteiger partial charge in [-0.1, -0.05) is 0 Å². The average Bonchev–Trinajstić information content (AvgIpc) is 2.18. The highest BCUT2D eigenvalue weighted by molar-refractivity contribution is 5.63.